The number of amides is 1. The second-order valence-electron chi connectivity index (χ2n) is 9.21. The maximum absolute atomic E-state index is 13.7. The van der Waals surface area contributed by atoms with E-state index in [0.29, 0.717) is 52.8 Å². The molecule has 1 amide bonds. The molecule has 0 bridgehead atoms. The molecule has 0 saturated carbocycles. The molecule has 2 heterocycles. The van der Waals surface area contributed by atoms with E-state index in [1.165, 1.54) is 0 Å². The van der Waals surface area contributed by atoms with E-state index in [1.54, 1.807) is 23.1 Å². The van der Waals surface area contributed by atoms with E-state index < -0.39 is 6.04 Å². The van der Waals surface area contributed by atoms with Gasteiger partial charge in [-0.1, -0.05) is 31.0 Å². The first-order valence-corrected chi connectivity index (χ1v) is 12.8. The number of fused-ring (bicyclic) bond motifs is 2. The number of carbonyl (C=O) groups excluding carboxylic acids is 1. The second kappa shape index (κ2) is 11.4. The van der Waals surface area contributed by atoms with E-state index in [1.807, 2.05) is 39.2 Å². The molecular weight excluding hydrogens is 480 g/mol. The quantitative estimate of drug-likeness (QED) is 0.315. The van der Waals surface area contributed by atoms with E-state index in [-0.39, 0.29) is 17.1 Å². The first-order chi connectivity index (χ1) is 17.3. The molecule has 1 unspecified atom stereocenters. The van der Waals surface area contributed by atoms with Gasteiger partial charge >= 0.3 is 0 Å². The lowest BCUT2D eigenvalue weighted by molar-refractivity contribution is 0.0722. The number of hydrogen-bond donors (Lipinski definition) is 0. The third kappa shape index (κ3) is 5.22. The third-order valence-electron chi connectivity index (χ3n) is 6.27. The average Bonchev–Trinajstić information content (AvgIpc) is 3.12. The topological polar surface area (TPSA) is 72.2 Å². The molecule has 1 aromatic heterocycles. The van der Waals surface area contributed by atoms with E-state index in [9.17, 15) is 9.59 Å². The van der Waals surface area contributed by atoms with Gasteiger partial charge in [-0.05, 0) is 76.3 Å². The number of hydrogen-bond acceptors (Lipinski definition) is 6. The number of unbranched alkanes of at least 4 members (excludes halogenated alkanes) is 1. The van der Waals surface area contributed by atoms with Gasteiger partial charge < -0.3 is 23.7 Å². The van der Waals surface area contributed by atoms with Crippen LogP contribution < -0.4 is 14.9 Å². The van der Waals surface area contributed by atoms with Crippen molar-refractivity contribution in [1.82, 2.24) is 9.80 Å². The summed E-state index contributed by atoms with van der Waals surface area (Å²) in [7, 11) is 3.98. The zero-order valence-corrected chi connectivity index (χ0v) is 22.1. The second-order valence-corrected chi connectivity index (χ2v) is 9.65. The van der Waals surface area contributed by atoms with Crippen LogP contribution in [0, 0.1) is 0 Å². The van der Waals surface area contributed by atoms with Crippen LogP contribution in [0.2, 0.25) is 5.02 Å². The molecule has 0 N–H and O–H groups in total. The number of nitrogens with zero attached hydrogens (tertiary/aromatic N) is 2. The minimum atomic E-state index is -0.599. The summed E-state index contributed by atoms with van der Waals surface area (Å²) in [6, 6.07) is 9.90. The zero-order chi connectivity index (χ0) is 25.8. The molecule has 1 aliphatic heterocycles. The Hall–Kier alpha value is -3.03. The monoisotopic (exact) mass is 512 g/mol. The third-order valence-corrected chi connectivity index (χ3v) is 6.51. The van der Waals surface area contributed by atoms with Crippen LogP contribution in [0.1, 0.15) is 60.8 Å². The van der Waals surface area contributed by atoms with Crippen LogP contribution in [0.15, 0.2) is 45.6 Å². The number of halogens is 1. The molecule has 0 fully saturated rings. The first kappa shape index (κ1) is 26.0. The predicted octanol–water partition coefficient (Wildman–Crippen LogP) is 5.52. The van der Waals surface area contributed by atoms with Crippen LogP contribution in [-0.4, -0.2) is 56.1 Å². The summed E-state index contributed by atoms with van der Waals surface area (Å²) in [5.74, 6) is 1.04. The molecule has 36 heavy (non-hydrogen) atoms. The summed E-state index contributed by atoms with van der Waals surface area (Å²) in [4.78, 5) is 31.1. The summed E-state index contributed by atoms with van der Waals surface area (Å²) in [6.45, 7) is 6.35. The molecule has 0 spiro atoms. The van der Waals surface area contributed by atoms with Crippen molar-refractivity contribution in [2.45, 2.75) is 39.2 Å². The molecule has 1 aliphatic rings. The molecule has 0 saturated heterocycles. The summed E-state index contributed by atoms with van der Waals surface area (Å²) < 4.78 is 17.9. The van der Waals surface area contributed by atoms with Gasteiger partial charge in [0, 0.05) is 11.6 Å². The minimum absolute atomic E-state index is 0.0888. The van der Waals surface area contributed by atoms with Crippen molar-refractivity contribution in [2.75, 3.05) is 40.4 Å². The van der Waals surface area contributed by atoms with Crippen LogP contribution in [0.25, 0.3) is 11.0 Å². The fraction of sp³-hybridized carbons (Fsp3) is 0.429. The minimum Gasteiger partial charge on any atom is -0.490 e. The van der Waals surface area contributed by atoms with Crippen LogP contribution in [0.3, 0.4) is 0 Å². The van der Waals surface area contributed by atoms with Crippen molar-refractivity contribution in [2.24, 2.45) is 0 Å². The Balaban J connectivity index is 1.83. The Bertz CT molecular complexity index is 1300. The largest absolute Gasteiger partial charge is 0.490 e. The number of ether oxygens (including phenoxy) is 2. The molecule has 0 aliphatic carbocycles. The lowest BCUT2D eigenvalue weighted by Gasteiger charge is -2.26. The van der Waals surface area contributed by atoms with Crippen molar-refractivity contribution in [3.8, 4) is 11.5 Å². The Morgan fingerprint density at radius 2 is 1.83 bits per heavy atom. The molecule has 7 nitrogen and oxygen atoms in total. The van der Waals surface area contributed by atoms with Crippen molar-refractivity contribution in [3.63, 3.8) is 0 Å². The molecular formula is C28H33ClN2O5. The maximum atomic E-state index is 13.7. The predicted molar refractivity (Wildman–Crippen MR) is 142 cm³/mol. The molecule has 1 atom stereocenters. The number of carbonyl (C=O) groups is 1. The summed E-state index contributed by atoms with van der Waals surface area (Å²) >= 11 is 6.18. The molecule has 192 valence electrons. The van der Waals surface area contributed by atoms with E-state index in [0.717, 1.165) is 31.4 Å². The highest BCUT2D eigenvalue weighted by atomic mass is 35.5. The SMILES string of the molecule is CCCCOc1ccc(C2c3c(oc4ccc(Cl)cc4c3=O)C(=O)N2CCCN(C)C)cc1OCC. The van der Waals surface area contributed by atoms with Crippen molar-refractivity contribution < 1.29 is 18.7 Å². The Morgan fingerprint density at radius 3 is 2.56 bits per heavy atom. The van der Waals surface area contributed by atoms with Crippen LogP contribution in [0.4, 0.5) is 0 Å². The fourth-order valence-electron chi connectivity index (χ4n) is 4.54. The standard InChI is InChI=1S/C28H33ClN2O5/c1-5-7-15-35-22-11-9-18(16-23(22)34-6-2)25-24-26(32)20-17-19(29)10-12-21(20)36-27(24)28(33)31(25)14-8-13-30(3)4/h9-12,16-17,25H,5-8,13-15H2,1-4H3. The highest BCUT2D eigenvalue weighted by molar-refractivity contribution is 6.31. The summed E-state index contributed by atoms with van der Waals surface area (Å²) in [6.07, 6.45) is 2.71. The lowest BCUT2D eigenvalue weighted by atomic mass is 9.98. The van der Waals surface area contributed by atoms with Crippen LogP contribution in [0.5, 0.6) is 11.5 Å². The van der Waals surface area contributed by atoms with Gasteiger partial charge in [0.15, 0.2) is 16.9 Å². The number of benzene rings is 2. The van der Waals surface area contributed by atoms with Crippen molar-refractivity contribution in [1.29, 1.82) is 0 Å². The smallest absolute Gasteiger partial charge is 0.290 e. The maximum Gasteiger partial charge on any atom is 0.290 e. The number of rotatable bonds is 11. The first-order valence-electron chi connectivity index (χ1n) is 12.5. The fourth-order valence-corrected chi connectivity index (χ4v) is 4.71. The van der Waals surface area contributed by atoms with E-state index in [4.69, 9.17) is 25.5 Å². The lowest BCUT2D eigenvalue weighted by Crippen LogP contribution is -2.32. The molecule has 8 heteroatoms. The van der Waals surface area contributed by atoms with Gasteiger partial charge in [0.25, 0.3) is 5.91 Å². The van der Waals surface area contributed by atoms with Gasteiger partial charge in [-0.15, -0.1) is 0 Å². The van der Waals surface area contributed by atoms with Crippen molar-refractivity contribution >= 4 is 28.5 Å². The Morgan fingerprint density at radius 1 is 1.03 bits per heavy atom. The summed E-state index contributed by atoms with van der Waals surface area (Å²) in [5, 5.41) is 0.796. The van der Waals surface area contributed by atoms with Gasteiger partial charge in [0.1, 0.15) is 5.58 Å². The molecule has 4 rings (SSSR count). The molecule has 2 aromatic carbocycles. The van der Waals surface area contributed by atoms with E-state index in [2.05, 4.69) is 11.8 Å². The highest BCUT2D eigenvalue weighted by Crippen LogP contribution is 2.41. The van der Waals surface area contributed by atoms with Gasteiger partial charge in [-0.2, -0.15) is 0 Å². The van der Waals surface area contributed by atoms with E-state index >= 15 is 0 Å². The summed E-state index contributed by atoms with van der Waals surface area (Å²) in [5.41, 5.74) is 1.21. The normalized spacial score (nSPS) is 15.1. The van der Waals surface area contributed by atoms with Gasteiger partial charge in [0.05, 0.1) is 30.2 Å². The van der Waals surface area contributed by atoms with Gasteiger partial charge in [-0.3, -0.25) is 9.59 Å². The Kier molecular flexibility index (Phi) is 8.21. The highest BCUT2D eigenvalue weighted by Gasteiger charge is 2.42. The molecule has 0 radical (unpaired) electrons. The van der Waals surface area contributed by atoms with Crippen LogP contribution in [-0.2, 0) is 0 Å². The van der Waals surface area contributed by atoms with Crippen LogP contribution >= 0.6 is 11.6 Å². The Labute approximate surface area is 216 Å². The van der Waals surface area contributed by atoms with Crippen molar-refractivity contribution in [3.05, 3.63) is 68.5 Å². The zero-order valence-electron chi connectivity index (χ0n) is 21.3. The van der Waals surface area contributed by atoms with Gasteiger partial charge in [-0.25, -0.2) is 0 Å². The average molecular weight is 513 g/mol. The molecule has 3 aromatic rings. The van der Waals surface area contributed by atoms with Gasteiger partial charge in [0.2, 0.25) is 5.76 Å².